The number of benzene rings is 1. The van der Waals surface area contributed by atoms with Crippen LogP contribution >= 0.6 is 15.9 Å². The van der Waals surface area contributed by atoms with E-state index in [1.807, 2.05) is 18.2 Å². The number of halogens is 1. The van der Waals surface area contributed by atoms with E-state index < -0.39 is 0 Å². The Morgan fingerprint density at radius 3 is 2.65 bits per heavy atom. The molecule has 1 aromatic carbocycles. The maximum atomic E-state index is 11.3. The molecule has 1 aliphatic rings. The van der Waals surface area contributed by atoms with E-state index in [0.29, 0.717) is 12.3 Å². The molecule has 0 bridgehead atoms. The molecular weight excluding hydrogens is 320 g/mol. The van der Waals surface area contributed by atoms with Crippen LogP contribution in [-0.2, 0) is 9.53 Å². The third kappa shape index (κ3) is 3.98. The molecule has 1 aromatic rings. The molecule has 1 saturated carbocycles. The molecule has 0 unspecified atom stereocenters. The van der Waals surface area contributed by atoms with Gasteiger partial charge >= 0.3 is 5.97 Å². The molecule has 110 valence electrons. The Bertz CT molecular complexity index is 465. The zero-order valence-electron chi connectivity index (χ0n) is 12.0. The van der Waals surface area contributed by atoms with Crippen LogP contribution in [0.3, 0.4) is 0 Å². The lowest BCUT2D eigenvalue weighted by Gasteiger charge is -2.29. The van der Waals surface area contributed by atoms with Crippen LogP contribution in [0.1, 0.15) is 37.7 Å². The first-order chi connectivity index (χ1) is 9.60. The van der Waals surface area contributed by atoms with E-state index >= 15 is 0 Å². The minimum atomic E-state index is -0.0998. The van der Waals surface area contributed by atoms with Gasteiger partial charge in [0.2, 0.25) is 0 Å². The van der Waals surface area contributed by atoms with E-state index in [2.05, 4.69) is 22.9 Å². The number of carbonyl (C=O) groups excluding carboxylic acids is 1. The molecule has 0 spiro atoms. The summed E-state index contributed by atoms with van der Waals surface area (Å²) in [6, 6.07) is 6.03. The van der Waals surface area contributed by atoms with Crippen molar-refractivity contribution in [3.63, 3.8) is 0 Å². The predicted molar refractivity (Wildman–Crippen MR) is 81.9 cm³/mol. The number of hydrogen-bond donors (Lipinski definition) is 0. The number of carbonyl (C=O) groups is 1. The van der Waals surface area contributed by atoms with Gasteiger partial charge in [-0.1, -0.05) is 22.0 Å². The van der Waals surface area contributed by atoms with Crippen molar-refractivity contribution in [2.24, 2.45) is 5.92 Å². The van der Waals surface area contributed by atoms with Crippen LogP contribution in [-0.4, -0.2) is 19.2 Å². The second-order valence-electron chi connectivity index (χ2n) is 5.40. The van der Waals surface area contributed by atoms with Crippen LogP contribution in [0.15, 0.2) is 22.7 Å². The van der Waals surface area contributed by atoms with Crippen molar-refractivity contribution in [1.29, 1.82) is 0 Å². The predicted octanol–water partition coefficient (Wildman–Crippen LogP) is 4.26. The summed E-state index contributed by atoms with van der Waals surface area (Å²) in [5.41, 5.74) is 1.14. The molecule has 2 rings (SSSR count). The molecule has 1 fully saturated rings. The average molecular weight is 341 g/mol. The van der Waals surface area contributed by atoms with E-state index in [0.717, 1.165) is 41.5 Å². The van der Waals surface area contributed by atoms with Gasteiger partial charge in [0, 0.05) is 16.5 Å². The molecule has 0 heterocycles. The quantitative estimate of drug-likeness (QED) is 0.768. The molecule has 0 aromatic heterocycles. The van der Waals surface area contributed by atoms with E-state index in [1.54, 1.807) is 0 Å². The lowest BCUT2D eigenvalue weighted by Crippen LogP contribution is -2.25. The normalized spacial score (nSPS) is 22.4. The van der Waals surface area contributed by atoms with Crippen LogP contribution in [0.25, 0.3) is 0 Å². The molecule has 3 nitrogen and oxygen atoms in total. The summed E-state index contributed by atoms with van der Waals surface area (Å²) in [7, 11) is 1.45. The topological polar surface area (TPSA) is 35.5 Å². The van der Waals surface area contributed by atoms with E-state index in [4.69, 9.17) is 9.47 Å². The number of methoxy groups -OCH3 is 1. The van der Waals surface area contributed by atoms with Gasteiger partial charge in [-0.2, -0.15) is 0 Å². The molecule has 0 saturated heterocycles. The van der Waals surface area contributed by atoms with E-state index in [-0.39, 0.29) is 12.1 Å². The number of hydrogen-bond acceptors (Lipinski definition) is 3. The summed E-state index contributed by atoms with van der Waals surface area (Å²) in [4.78, 5) is 11.3. The van der Waals surface area contributed by atoms with Crippen LogP contribution < -0.4 is 4.74 Å². The van der Waals surface area contributed by atoms with Crippen LogP contribution in [0, 0.1) is 12.8 Å². The highest BCUT2D eigenvalue weighted by Crippen LogP contribution is 2.32. The summed E-state index contributed by atoms with van der Waals surface area (Å²) >= 11 is 3.52. The smallest absolute Gasteiger partial charge is 0.305 e. The summed E-state index contributed by atoms with van der Waals surface area (Å²) < 4.78 is 11.9. The van der Waals surface area contributed by atoms with E-state index in [9.17, 15) is 4.79 Å². The van der Waals surface area contributed by atoms with E-state index in [1.165, 1.54) is 7.11 Å². The van der Waals surface area contributed by atoms with Crippen molar-refractivity contribution in [2.75, 3.05) is 7.11 Å². The molecule has 0 radical (unpaired) electrons. The van der Waals surface area contributed by atoms with Gasteiger partial charge in [-0.3, -0.25) is 4.79 Å². The van der Waals surface area contributed by atoms with Crippen molar-refractivity contribution >= 4 is 21.9 Å². The monoisotopic (exact) mass is 340 g/mol. The third-order valence-electron chi connectivity index (χ3n) is 3.99. The zero-order valence-corrected chi connectivity index (χ0v) is 13.6. The molecule has 0 amide bonds. The van der Waals surface area contributed by atoms with Crippen LogP contribution in [0.5, 0.6) is 5.75 Å². The Balaban J connectivity index is 1.85. The van der Waals surface area contributed by atoms with Crippen molar-refractivity contribution in [2.45, 2.75) is 45.1 Å². The Hall–Kier alpha value is -1.03. The van der Waals surface area contributed by atoms with Crippen molar-refractivity contribution in [3.8, 4) is 5.75 Å². The molecule has 4 heteroatoms. The fourth-order valence-corrected chi connectivity index (χ4v) is 3.02. The van der Waals surface area contributed by atoms with Gasteiger partial charge < -0.3 is 9.47 Å². The SMILES string of the molecule is COC(=O)C[C@H]1CC[C@H](Oc2cccc(Br)c2C)CC1. The molecule has 0 atom stereocenters. The number of esters is 1. The highest BCUT2D eigenvalue weighted by Gasteiger charge is 2.24. The standard InChI is InChI=1S/C16H21BrO3/c1-11-14(17)4-3-5-15(11)20-13-8-6-12(7-9-13)10-16(18)19-2/h3-5,12-13H,6-10H2,1-2H3/t12-,13-. The van der Waals surface area contributed by atoms with Crippen LogP contribution in [0.4, 0.5) is 0 Å². The fraction of sp³-hybridized carbons (Fsp3) is 0.562. The largest absolute Gasteiger partial charge is 0.490 e. The van der Waals surface area contributed by atoms with Gasteiger partial charge in [0.25, 0.3) is 0 Å². The third-order valence-corrected chi connectivity index (χ3v) is 4.85. The van der Waals surface area contributed by atoms with Crippen molar-refractivity contribution < 1.29 is 14.3 Å². The second kappa shape index (κ2) is 7.11. The average Bonchev–Trinajstić information content (AvgIpc) is 2.46. The lowest BCUT2D eigenvalue weighted by molar-refractivity contribution is -0.142. The summed E-state index contributed by atoms with van der Waals surface area (Å²) in [6.07, 6.45) is 4.89. The van der Waals surface area contributed by atoms with Crippen molar-refractivity contribution in [1.82, 2.24) is 0 Å². The summed E-state index contributed by atoms with van der Waals surface area (Å²) in [5, 5.41) is 0. The van der Waals surface area contributed by atoms with Gasteiger partial charge in [0.05, 0.1) is 13.2 Å². The van der Waals surface area contributed by atoms with Crippen LogP contribution in [0.2, 0.25) is 0 Å². The molecular formula is C16H21BrO3. The molecule has 20 heavy (non-hydrogen) atoms. The minimum Gasteiger partial charge on any atom is -0.490 e. The number of rotatable bonds is 4. The lowest BCUT2D eigenvalue weighted by atomic mass is 9.85. The minimum absolute atomic E-state index is 0.0998. The van der Waals surface area contributed by atoms with Gasteiger partial charge in [-0.25, -0.2) is 0 Å². The van der Waals surface area contributed by atoms with Gasteiger partial charge in [0.1, 0.15) is 5.75 Å². The van der Waals surface area contributed by atoms with Gasteiger partial charge in [-0.15, -0.1) is 0 Å². The Kier molecular flexibility index (Phi) is 5.46. The first-order valence-electron chi connectivity index (χ1n) is 7.08. The van der Waals surface area contributed by atoms with Crippen molar-refractivity contribution in [3.05, 3.63) is 28.2 Å². The Labute approximate surface area is 128 Å². The Morgan fingerprint density at radius 1 is 1.30 bits per heavy atom. The maximum Gasteiger partial charge on any atom is 0.305 e. The first kappa shape index (κ1) is 15.4. The second-order valence-corrected chi connectivity index (χ2v) is 6.26. The first-order valence-corrected chi connectivity index (χ1v) is 7.88. The fourth-order valence-electron chi connectivity index (χ4n) is 2.67. The Morgan fingerprint density at radius 2 is 2.00 bits per heavy atom. The molecule has 0 aliphatic heterocycles. The zero-order chi connectivity index (χ0) is 14.5. The molecule has 0 N–H and O–H groups in total. The van der Waals surface area contributed by atoms with Gasteiger partial charge in [-0.05, 0) is 50.7 Å². The number of ether oxygens (including phenoxy) is 2. The van der Waals surface area contributed by atoms with Gasteiger partial charge in [0.15, 0.2) is 0 Å². The summed E-state index contributed by atoms with van der Waals surface area (Å²) in [6.45, 7) is 2.06. The maximum absolute atomic E-state index is 11.3. The molecule has 1 aliphatic carbocycles. The summed E-state index contributed by atoms with van der Waals surface area (Å²) in [5.74, 6) is 1.30. The highest BCUT2D eigenvalue weighted by atomic mass is 79.9. The highest BCUT2D eigenvalue weighted by molar-refractivity contribution is 9.10.